The number of rotatable bonds is 7. The zero-order valence-electron chi connectivity index (χ0n) is 13.2. The molecule has 5 heteroatoms. The maximum Gasteiger partial charge on any atom is 0.175 e. The van der Waals surface area contributed by atoms with Crippen LogP contribution in [0.1, 0.15) is 30.3 Å². The molecule has 0 aliphatic carbocycles. The van der Waals surface area contributed by atoms with Crippen LogP contribution >= 0.6 is 11.3 Å². The molecule has 0 unspecified atom stereocenters. The van der Waals surface area contributed by atoms with Crippen molar-refractivity contribution in [2.75, 3.05) is 12.8 Å². The van der Waals surface area contributed by atoms with Crippen LogP contribution in [0.5, 0.6) is 0 Å². The normalized spacial score (nSPS) is 14.7. The van der Waals surface area contributed by atoms with Gasteiger partial charge in [-0.15, -0.1) is 11.3 Å². The SMILES string of the molecule is C[C@@H](CN[C@H](C)c1ccc(S(C)(=O)=O)cc1)Cc1cccs1. The second kappa shape index (κ2) is 7.40. The van der Waals surface area contributed by atoms with Crippen LogP contribution < -0.4 is 5.32 Å². The van der Waals surface area contributed by atoms with E-state index in [2.05, 4.69) is 36.7 Å². The molecule has 0 spiro atoms. The van der Waals surface area contributed by atoms with Gasteiger partial charge in [-0.3, -0.25) is 0 Å². The fourth-order valence-electron chi connectivity index (χ4n) is 2.34. The summed E-state index contributed by atoms with van der Waals surface area (Å²) in [6.45, 7) is 5.28. The molecule has 0 fully saturated rings. The molecule has 0 amide bonds. The molecule has 3 nitrogen and oxygen atoms in total. The van der Waals surface area contributed by atoms with Crippen LogP contribution in [-0.2, 0) is 16.3 Å². The Morgan fingerprint density at radius 3 is 2.36 bits per heavy atom. The van der Waals surface area contributed by atoms with E-state index in [0.717, 1.165) is 18.5 Å². The van der Waals surface area contributed by atoms with E-state index >= 15 is 0 Å². The van der Waals surface area contributed by atoms with Gasteiger partial charge in [-0.05, 0) is 54.9 Å². The second-order valence-corrected chi connectivity index (χ2v) is 8.91. The summed E-state index contributed by atoms with van der Waals surface area (Å²) in [5, 5.41) is 5.64. The third kappa shape index (κ3) is 4.93. The fourth-order valence-corrected chi connectivity index (χ4v) is 3.84. The molecule has 1 N–H and O–H groups in total. The van der Waals surface area contributed by atoms with Crippen LogP contribution in [0.4, 0.5) is 0 Å². The summed E-state index contributed by atoms with van der Waals surface area (Å²) in [4.78, 5) is 1.79. The van der Waals surface area contributed by atoms with Crippen molar-refractivity contribution in [2.24, 2.45) is 5.92 Å². The van der Waals surface area contributed by atoms with Crippen LogP contribution in [0.3, 0.4) is 0 Å². The Balaban J connectivity index is 1.88. The second-order valence-electron chi connectivity index (χ2n) is 5.86. The average molecular weight is 338 g/mol. The van der Waals surface area contributed by atoms with E-state index in [-0.39, 0.29) is 6.04 Å². The number of sulfone groups is 1. The Bertz CT molecular complexity index is 676. The van der Waals surface area contributed by atoms with Crippen molar-refractivity contribution in [3.63, 3.8) is 0 Å². The Hall–Kier alpha value is -1.17. The topological polar surface area (TPSA) is 46.2 Å². The van der Waals surface area contributed by atoms with Crippen molar-refractivity contribution in [2.45, 2.75) is 31.2 Å². The molecule has 1 heterocycles. The first-order valence-corrected chi connectivity index (χ1v) is 10.2. The summed E-state index contributed by atoms with van der Waals surface area (Å²) in [5.41, 5.74) is 1.11. The van der Waals surface area contributed by atoms with Gasteiger partial charge in [0, 0.05) is 17.2 Å². The van der Waals surface area contributed by atoms with E-state index in [0.29, 0.717) is 10.8 Å². The first-order valence-electron chi connectivity index (χ1n) is 7.42. The molecule has 120 valence electrons. The first-order chi connectivity index (χ1) is 10.4. The van der Waals surface area contributed by atoms with Crippen molar-refractivity contribution in [3.05, 3.63) is 52.2 Å². The van der Waals surface area contributed by atoms with Gasteiger partial charge >= 0.3 is 0 Å². The van der Waals surface area contributed by atoms with Crippen molar-refractivity contribution in [1.29, 1.82) is 0 Å². The quantitative estimate of drug-likeness (QED) is 0.838. The monoisotopic (exact) mass is 337 g/mol. The van der Waals surface area contributed by atoms with Crippen LogP contribution in [-0.4, -0.2) is 21.2 Å². The van der Waals surface area contributed by atoms with E-state index in [1.54, 1.807) is 23.5 Å². The standard InChI is InChI=1S/C17H23NO2S2/c1-13(11-16-5-4-10-21-16)12-18-14(2)15-6-8-17(9-7-15)22(3,19)20/h4-10,13-14,18H,11-12H2,1-3H3/t13-,14-/m1/s1. The average Bonchev–Trinajstić information content (AvgIpc) is 2.97. The molecular weight excluding hydrogens is 314 g/mol. The molecule has 1 aromatic carbocycles. The van der Waals surface area contributed by atoms with E-state index in [9.17, 15) is 8.42 Å². The highest BCUT2D eigenvalue weighted by atomic mass is 32.2. The van der Waals surface area contributed by atoms with Gasteiger partial charge in [-0.1, -0.05) is 25.1 Å². The zero-order chi connectivity index (χ0) is 16.2. The molecule has 0 saturated carbocycles. The van der Waals surface area contributed by atoms with Gasteiger partial charge in [-0.2, -0.15) is 0 Å². The highest BCUT2D eigenvalue weighted by molar-refractivity contribution is 7.90. The van der Waals surface area contributed by atoms with E-state index in [4.69, 9.17) is 0 Å². The Labute approximate surface area is 137 Å². The summed E-state index contributed by atoms with van der Waals surface area (Å²) in [6.07, 6.45) is 2.32. The molecule has 0 bridgehead atoms. The number of nitrogens with one attached hydrogen (secondary N) is 1. The highest BCUT2D eigenvalue weighted by Crippen LogP contribution is 2.18. The molecule has 0 aliphatic heterocycles. The molecule has 2 rings (SSSR count). The minimum Gasteiger partial charge on any atom is -0.310 e. The summed E-state index contributed by atoms with van der Waals surface area (Å²) >= 11 is 1.80. The number of hydrogen-bond acceptors (Lipinski definition) is 4. The molecule has 2 aromatic rings. The van der Waals surface area contributed by atoms with Crippen LogP contribution in [0.25, 0.3) is 0 Å². The summed E-state index contributed by atoms with van der Waals surface area (Å²) in [6, 6.07) is 11.6. The molecule has 2 atom stereocenters. The van der Waals surface area contributed by atoms with Crippen molar-refractivity contribution < 1.29 is 8.42 Å². The Morgan fingerprint density at radius 1 is 1.14 bits per heavy atom. The lowest BCUT2D eigenvalue weighted by atomic mass is 10.0. The van der Waals surface area contributed by atoms with E-state index in [1.165, 1.54) is 11.1 Å². The number of hydrogen-bond donors (Lipinski definition) is 1. The van der Waals surface area contributed by atoms with Gasteiger partial charge in [0.1, 0.15) is 0 Å². The summed E-state index contributed by atoms with van der Waals surface area (Å²) in [7, 11) is -3.12. The van der Waals surface area contributed by atoms with Gasteiger partial charge in [-0.25, -0.2) is 8.42 Å². The smallest absolute Gasteiger partial charge is 0.175 e. The molecule has 1 aromatic heterocycles. The molecule has 22 heavy (non-hydrogen) atoms. The number of benzene rings is 1. The first kappa shape index (κ1) is 17.2. The highest BCUT2D eigenvalue weighted by Gasteiger charge is 2.11. The lowest BCUT2D eigenvalue weighted by Crippen LogP contribution is -2.25. The fraction of sp³-hybridized carbons (Fsp3) is 0.412. The predicted molar refractivity (Wildman–Crippen MR) is 93.2 cm³/mol. The minimum atomic E-state index is -3.12. The van der Waals surface area contributed by atoms with Crippen molar-refractivity contribution in [1.82, 2.24) is 5.32 Å². The predicted octanol–water partition coefficient (Wildman–Crippen LogP) is 3.68. The third-order valence-electron chi connectivity index (χ3n) is 3.71. The van der Waals surface area contributed by atoms with Gasteiger partial charge in [0.05, 0.1) is 4.90 Å². The molecule has 0 radical (unpaired) electrons. The van der Waals surface area contributed by atoms with Gasteiger partial charge in [0.25, 0.3) is 0 Å². The number of thiophene rings is 1. The summed E-state index contributed by atoms with van der Waals surface area (Å²) in [5.74, 6) is 0.566. The Kier molecular flexibility index (Phi) is 5.78. The van der Waals surface area contributed by atoms with Gasteiger partial charge in [0.2, 0.25) is 0 Å². The largest absolute Gasteiger partial charge is 0.310 e. The van der Waals surface area contributed by atoms with Crippen molar-refractivity contribution >= 4 is 21.2 Å². The van der Waals surface area contributed by atoms with Crippen LogP contribution in [0.2, 0.25) is 0 Å². The maximum atomic E-state index is 11.5. The molecule has 0 aliphatic rings. The minimum absolute atomic E-state index is 0.208. The molecular formula is C17H23NO2S2. The van der Waals surface area contributed by atoms with Crippen LogP contribution in [0.15, 0.2) is 46.7 Å². The van der Waals surface area contributed by atoms with E-state index < -0.39 is 9.84 Å². The summed E-state index contributed by atoms with van der Waals surface area (Å²) < 4.78 is 22.9. The lowest BCUT2D eigenvalue weighted by Gasteiger charge is -2.18. The van der Waals surface area contributed by atoms with Crippen molar-refractivity contribution in [3.8, 4) is 0 Å². The lowest BCUT2D eigenvalue weighted by molar-refractivity contribution is 0.470. The molecule has 0 saturated heterocycles. The third-order valence-corrected chi connectivity index (χ3v) is 5.74. The maximum absolute atomic E-state index is 11.5. The van der Waals surface area contributed by atoms with Gasteiger partial charge < -0.3 is 5.32 Å². The Morgan fingerprint density at radius 2 is 1.82 bits per heavy atom. The van der Waals surface area contributed by atoms with Gasteiger partial charge in [0.15, 0.2) is 9.84 Å². The van der Waals surface area contributed by atoms with Crippen LogP contribution in [0, 0.1) is 5.92 Å². The zero-order valence-corrected chi connectivity index (χ0v) is 14.9. The van der Waals surface area contributed by atoms with E-state index in [1.807, 2.05) is 12.1 Å².